The lowest BCUT2D eigenvalue weighted by Crippen LogP contribution is -2.31. The zero-order valence-electron chi connectivity index (χ0n) is 7.26. The molecule has 1 saturated carbocycles. The van der Waals surface area contributed by atoms with E-state index in [1.54, 1.807) is 0 Å². The van der Waals surface area contributed by atoms with Crippen LogP contribution in [0.4, 0.5) is 0 Å². The maximum absolute atomic E-state index is 10.8. The fraction of sp³-hybridized carbons (Fsp3) is 0.889. The van der Waals surface area contributed by atoms with E-state index in [-0.39, 0.29) is 0 Å². The number of rotatable bonds is 2. The quantitative estimate of drug-likeness (QED) is 0.666. The van der Waals surface area contributed by atoms with Gasteiger partial charge >= 0.3 is 5.97 Å². The van der Waals surface area contributed by atoms with E-state index in [0.29, 0.717) is 5.92 Å². The molecule has 64 valence electrons. The van der Waals surface area contributed by atoms with Crippen LogP contribution in [0.3, 0.4) is 0 Å². The molecule has 0 amide bonds. The highest BCUT2D eigenvalue weighted by molar-refractivity contribution is 5.74. The first-order chi connectivity index (χ1) is 5.05. The zero-order chi connectivity index (χ0) is 8.48. The SMILES string of the molecule is CC(C)(C(=O)O)C1CCCC1. The Kier molecular flexibility index (Phi) is 2.21. The normalized spacial score (nSPS) is 20.5. The van der Waals surface area contributed by atoms with Gasteiger partial charge in [0.25, 0.3) is 0 Å². The second kappa shape index (κ2) is 2.84. The third-order valence-corrected chi connectivity index (χ3v) is 2.93. The maximum atomic E-state index is 10.8. The van der Waals surface area contributed by atoms with E-state index in [1.807, 2.05) is 13.8 Å². The number of carbonyl (C=O) groups is 1. The van der Waals surface area contributed by atoms with Crippen LogP contribution >= 0.6 is 0 Å². The lowest BCUT2D eigenvalue weighted by molar-refractivity contribution is -0.150. The van der Waals surface area contributed by atoms with Crippen LogP contribution in [-0.2, 0) is 4.79 Å². The molecule has 1 N–H and O–H groups in total. The second-order valence-electron chi connectivity index (χ2n) is 4.01. The summed E-state index contributed by atoms with van der Waals surface area (Å²) in [6.45, 7) is 3.68. The Labute approximate surface area is 67.6 Å². The Hall–Kier alpha value is -0.530. The summed E-state index contributed by atoms with van der Waals surface area (Å²) in [4.78, 5) is 10.8. The number of hydrogen-bond acceptors (Lipinski definition) is 1. The molecule has 0 aromatic heterocycles. The van der Waals surface area contributed by atoms with Crippen molar-refractivity contribution in [1.29, 1.82) is 0 Å². The molecule has 1 rings (SSSR count). The minimum atomic E-state index is -0.649. The molecule has 1 aliphatic rings. The molecule has 0 spiro atoms. The highest BCUT2D eigenvalue weighted by Gasteiger charge is 2.37. The van der Waals surface area contributed by atoms with E-state index in [4.69, 9.17) is 5.11 Å². The monoisotopic (exact) mass is 156 g/mol. The molecule has 0 radical (unpaired) electrons. The van der Waals surface area contributed by atoms with Gasteiger partial charge in [0.2, 0.25) is 0 Å². The van der Waals surface area contributed by atoms with Crippen molar-refractivity contribution in [3.63, 3.8) is 0 Å². The van der Waals surface area contributed by atoms with Crippen LogP contribution in [0, 0.1) is 11.3 Å². The summed E-state index contributed by atoms with van der Waals surface area (Å²) in [5, 5.41) is 8.90. The van der Waals surface area contributed by atoms with E-state index in [9.17, 15) is 4.79 Å². The zero-order valence-corrected chi connectivity index (χ0v) is 7.26. The van der Waals surface area contributed by atoms with Gasteiger partial charge in [0.05, 0.1) is 5.41 Å². The fourth-order valence-electron chi connectivity index (χ4n) is 1.82. The van der Waals surface area contributed by atoms with Gasteiger partial charge in [-0.25, -0.2) is 0 Å². The number of carboxylic acids is 1. The third-order valence-electron chi connectivity index (χ3n) is 2.93. The van der Waals surface area contributed by atoms with Crippen molar-refractivity contribution in [3.8, 4) is 0 Å². The summed E-state index contributed by atoms with van der Waals surface area (Å²) >= 11 is 0. The van der Waals surface area contributed by atoms with Crippen LogP contribution in [0.2, 0.25) is 0 Å². The number of aliphatic carboxylic acids is 1. The van der Waals surface area contributed by atoms with Gasteiger partial charge in [-0.1, -0.05) is 12.8 Å². The van der Waals surface area contributed by atoms with Gasteiger partial charge in [-0.3, -0.25) is 4.79 Å². The van der Waals surface area contributed by atoms with Gasteiger partial charge in [0.1, 0.15) is 0 Å². The fourth-order valence-corrected chi connectivity index (χ4v) is 1.82. The molecular weight excluding hydrogens is 140 g/mol. The average molecular weight is 156 g/mol. The molecule has 0 unspecified atom stereocenters. The minimum Gasteiger partial charge on any atom is -0.481 e. The number of hydrogen-bond donors (Lipinski definition) is 1. The van der Waals surface area contributed by atoms with Crippen molar-refractivity contribution >= 4 is 5.97 Å². The molecule has 0 bridgehead atoms. The van der Waals surface area contributed by atoms with Crippen LogP contribution < -0.4 is 0 Å². The lowest BCUT2D eigenvalue weighted by atomic mass is 9.78. The third kappa shape index (κ3) is 1.55. The van der Waals surface area contributed by atoms with Crippen LogP contribution in [-0.4, -0.2) is 11.1 Å². The summed E-state index contributed by atoms with van der Waals surface area (Å²) in [5.74, 6) is -0.246. The maximum Gasteiger partial charge on any atom is 0.309 e. The molecule has 0 atom stereocenters. The molecule has 1 aliphatic carbocycles. The summed E-state index contributed by atoms with van der Waals surface area (Å²) in [6, 6.07) is 0. The Bertz CT molecular complexity index is 155. The Balaban J connectivity index is 2.62. The van der Waals surface area contributed by atoms with Crippen molar-refractivity contribution in [2.45, 2.75) is 39.5 Å². The predicted octanol–water partition coefficient (Wildman–Crippen LogP) is 2.29. The Morgan fingerprint density at radius 2 is 1.82 bits per heavy atom. The molecule has 2 heteroatoms. The van der Waals surface area contributed by atoms with Crippen molar-refractivity contribution < 1.29 is 9.90 Å². The largest absolute Gasteiger partial charge is 0.481 e. The van der Waals surface area contributed by atoms with Gasteiger partial charge in [-0.15, -0.1) is 0 Å². The van der Waals surface area contributed by atoms with Gasteiger partial charge in [-0.05, 0) is 32.6 Å². The van der Waals surface area contributed by atoms with Crippen LogP contribution in [0.1, 0.15) is 39.5 Å². The highest BCUT2D eigenvalue weighted by Crippen LogP contribution is 2.39. The van der Waals surface area contributed by atoms with E-state index in [1.165, 1.54) is 12.8 Å². The standard InChI is InChI=1S/C9H16O2/c1-9(2,8(10)11)7-5-3-4-6-7/h7H,3-6H2,1-2H3,(H,10,11). The van der Waals surface area contributed by atoms with Crippen molar-refractivity contribution in [2.24, 2.45) is 11.3 Å². The minimum absolute atomic E-state index is 0.403. The van der Waals surface area contributed by atoms with E-state index in [0.717, 1.165) is 12.8 Å². The van der Waals surface area contributed by atoms with Crippen LogP contribution in [0.15, 0.2) is 0 Å². The van der Waals surface area contributed by atoms with Gasteiger partial charge in [0, 0.05) is 0 Å². The van der Waals surface area contributed by atoms with Crippen molar-refractivity contribution in [3.05, 3.63) is 0 Å². The first-order valence-electron chi connectivity index (χ1n) is 4.28. The summed E-state index contributed by atoms with van der Waals surface area (Å²) in [7, 11) is 0. The average Bonchev–Trinajstić information content (AvgIpc) is 2.37. The number of carboxylic acid groups (broad SMARTS) is 1. The molecule has 11 heavy (non-hydrogen) atoms. The summed E-state index contributed by atoms with van der Waals surface area (Å²) < 4.78 is 0. The Morgan fingerprint density at radius 3 is 2.18 bits per heavy atom. The van der Waals surface area contributed by atoms with Crippen molar-refractivity contribution in [1.82, 2.24) is 0 Å². The van der Waals surface area contributed by atoms with Gasteiger partial charge < -0.3 is 5.11 Å². The second-order valence-corrected chi connectivity index (χ2v) is 4.01. The van der Waals surface area contributed by atoms with E-state index in [2.05, 4.69) is 0 Å². The highest BCUT2D eigenvalue weighted by atomic mass is 16.4. The molecule has 2 nitrogen and oxygen atoms in total. The summed E-state index contributed by atoms with van der Waals surface area (Å²) in [6.07, 6.45) is 4.61. The lowest BCUT2D eigenvalue weighted by Gasteiger charge is -2.26. The Morgan fingerprint density at radius 1 is 1.36 bits per heavy atom. The first kappa shape index (κ1) is 8.57. The molecular formula is C9H16O2. The van der Waals surface area contributed by atoms with Crippen LogP contribution in [0.25, 0.3) is 0 Å². The topological polar surface area (TPSA) is 37.3 Å². The molecule has 0 aromatic carbocycles. The first-order valence-corrected chi connectivity index (χ1v) is 4.28. The predicted molar refractivity (Wildman–Crippen MR) is 43.4 cm³/mol. The van der Waals surface area contributed by atoms with Crippen LogP contribution in [0.5, 0.6) is 0 Å². The molecule has 0 heterocycles. The van der Waals surface area contributed by atoms with Crippen molar-refractivity contribution in [2.75, 3.05) is 0 Å². The molecule has 0 aliphatic heterocycles. The van der Waals surface area contributed by atoms with E-state index < -0.39 is 11.4 Å². The smallest absolute Gasteiger partial charge is 0.309 e. The van der Waals surface area contributed by atoms with E-state index >= 15 is 0 Å². The van der Waals surface area contributed by atoms with Gasteiger partial charge in [-0.2, -0.15) is 0 Å². The summed E-state index contributed by atoms with van der Waals surface area (Å²) in [5.41, 5.74) is -0.503. The molecule has 0 saturated heterocycles. The molecule has 1 fully saturated rings. The molecule has 0 aromatic rings. The van der Waals surface area contributed by atoms with Gasteiger partial charge in [0.15, 0.2) is 0 Å².